The van der Waals surface area contributed by atoms with Crippen molar-refractivity contribution in [2.24, 2.45) is 0 Å². The Labute approximate surface area is 114 Å². The molecular weight excluding hydrogens is 244 g/mol. The first-order valence-corrected chi connectivity index (χ1v) is 7.64. The predicted molar refractivity (Wildman–Crippen MR) is 77.2 cm³/mol. The molecule has 5 heteroatoms. The minimum Gasteiger partial charge on any atom is -0.313 e. The van der Waals surface area contributed by atoms with E-state index in [0.29, 0.717) is 6.04 Å². The van der Waals surface area contributed by atoms with Crippen LogP contribution in [0.5, 0.6) is 0 Å². The quantitative estimate of drug-likeness (QED) is 0.831. The van der Waals surface area contributed by atoms with Gasteiger partial charge in [-0.3, -0.25) is 4.90 Å². The van der Waals surface area contributed by atoms with Crippen molar-refractivity contribution in [3.8, 4) is 0 Å². The van der Waals surface area contributed by atoms with Gasteiger partial charge in [-0.1, -0.05) is 0 Å². The van der Waals surface area contributed by atoms with Gasteiger partial charge in [0.05, 0.1) is 5.01 Å². The van der Waals surface area contributed by atoms with Gasteiger partial charge in [-0.2, -0.15) is 0 Å². The Morgan fingerprint density at radius 2 is 2.17 bits per heavy atom. The lowest BCUT2D eigenvalue weighted by Gasteiger charge is -2.34. The molecule has 4 nitrogen and oxygen atoms in total. The van der Waals surface area contributed by atoms with Crippen LogP contribution in [0.25, 0.3) is 0 Å². The normalized spacial score (nSPS) is 20.1. The zero-order valence-corrected chi connectivity index (χ0v) is 12.2. The number of hydrogen-bond donors (Lipinski definition) is 1. The second-order valence-corrected chi connectivity index (χ2v) is 6.11. The number of thiazole rings is 1. The van der Waals surface area contributed by atoms with Crippen LogP contribution in [0.4, 0.5) is 0 Å². The zero-order chi connectivity index (χ0) is 12.8. The number of rotatable bonds is 6. The van der Waals surface area contributed by atoms with Crippen molar-refractivity contribution in [1.29, 1.82) is 0 Å². The number of hydrogen-bond acceptors (Lipinski definition) is 5. The van der Waals surface area contributed by atoms with Gasteiger partial charge in [0, 0.05) is 63.3 Å². The highest BCUT2D eigenvalue weighted by Crippen LogP contribution is 2.04. The van der Waals surface area contributed by atoms with Crippen molar-refractivity contribution in [2.75, 3.05) is 46.3 Å². The molecule has 0 amide bonds. The summed E-state index contributed by atoms with van der Waals surface area (Å²) in [6.07, 6.45) is 2.93. The molecule has 1 aromatic rings. The highest BCUT2D eigenvalue weighted by Gasteiger charge is 2.15. The smallest absolute Gasteiger partial charge is 0.0937 e. The zero-order valence-electron chi connectivity index (χ0n) is 11.4. The summed E-state index contributed by atoms with van der Waals surface area (Å²) in [6, 6.07) is 0.563. The van der Waals surface area contributed by atoms with Crippen LogP contribution < -0.4 is 5.32 Å². The molecule has 0 aliphatic carbocycles. The standard InChI is InChI=1S/C13H24N4S/c1-12(11-17-8-6-16(2)7-9-17)14-4-3-13-15-5-10-18-13/h5,10,12,14H,3-4,6-9,11H2,1-2H3/t12-/m1/s1. The Hall–Kier alpha value is -0.490. The maximum atomic E-state index is 4.30. The van der Waals surface area contributed by atoms with Crippen LogP contribution in [0, 0.1) is 0 Å². The van der Waals surface area contributed by atoms with E-state index in [-0.39, 0.29) is 0 Å². The van der Waals surface area contributed by atoms with Crippen LogP contribution in [0.15, 0.2) is 11.6 Å². The van der Waals surface area contributed by atoms with E-state index >= 15 is 0 Å². The predicted octanol–water partition coefficient (Wildman–Crippen LogP) is 0.911. The summed E-state index contributed by atoms with van der Waals surface area (Å²) < 4.78 is 0. The molecule has 1 fully saturated rings. The molecule has 1 atom stereocenters. The van der Waals surface area contributed by atoms with Gasteiger partial charge in [-0.05, 0) is 14.0 Å². The number of likely N-dealkylation sites (N-methyl/N-ethyl adjacent to an activating group) is 1. The van der Waals surface area contributed by atoms with Crippen LogP contribution in [-0.2, 0) is 6.42 Å². The molecule has 2 heterocycles. The highest BCUT2D eigenvalue weighted by molar-refractivity contribution is 7.09. The van der Waals surface area contributed by atoms with E-state index < -0.39 is 0 Å². The molecule has 1 aromatic heterocycles. The highest BCUT2D eigenvalue weighted by atomic mass is 32.1. The number of nitrogens with one attached hydrogen (secondary N) is 1. The lowest BCUT2D eigenvalue weighted by Crippen LogP contribution is -2.49. The van der Waals surface area contributed by atoms with Gasteiger partial charge in [0.25, 0.3) is 0 Å². The molecule has 0 aromatic carbocycles. The molecule has 0 radical (unpaired) electrons. The Bertz CT molecular complexity index is 320. The summed E-state index contributed by atoms with van der Waals surface area (Å²) in [7, 11) is 2.20. The first kappa shape index (κ1) is 13.9. The van der Waals surface area contributed by atoms with Gasteiger partial charge in [-0.25, -0.2) is 4.98 Å². The summed E-state index contributed by atoms with van der Waals surface area (Å²) in [5.74, 6) is 0. The minimum absolute atomic E-state index is 0.563. The van der Waals surface area contributed by atoms with Gasteiger partial charge in [0.15, 0.2) is 0 Å². The first-order valence-electron chi connectivity index (χ1n) is 6.76. The van der Waals surface area contributed by atoms with E-state index in [1.54, 1.807) is 11.3 Å². The van der Waals surface area contributed by atoms with Crippen molar-refractivity contribution in [1.82, 2.24) is 20.1 Å². The van der Waals surface area contributed by atoms with Crippen molar-refractivity contribution in [3.05, 3.63) is 16.6 Å². The van der Waals surface area contributed by atoms with Crippen LogP contribution in [0.3, 0.4) is 0 Å². The third-order valence-corrected chi connectivity index (χ3v) is 4.28. The Morgan fingerprint density at radius 1 is 1.39 bits per heavy atom. The summed E-state index contributed by atoms with van der Waals surface area (Å²) in [6.45, 7) is 9.27. The van der Waals surface area contributed by atoms with Crippen LogP contribution in [-0.4, -0.2) is 67.1 Å². The topological polar surface area (TPSA) is 31.4 Å². The molecule has 1 aliphatic heterocycles. The molecule has 102 valence electrons. The summed E-state index contributed by atoms with van der Waals surface area (Å²) in [4.78, 5) is 9.26. The Morgan fingerprint density at radius 3 is 2.83 bits per heavy atom. The second kappa shape index (κ2) is 7.19. The molecule has 1 saturated heterocycles. The Balaban J connectivity index is 1.58. The van der Waals surface area contributed by atoms with Crippen LogP contribution >= 0.6 is 11.3 Å². The first-order chi connectivity index (χ1) is 8.74. The molecule has 18 heavy (non-hydrogen) atoms. The SMILES string of the molecule is C[C@H](CN1CCN(C)CC1)NCCc1nccs1. The van der Waals surface area contributed by atoms with Gasteiger partial charge >= 0.3 is 0 Å². The van der Waals surface area contributed by atoms with E-state index in [2.05, 4.69) is 34.1 Å². The number of piperazine rings is 1. The molecule has 1 N–H and O–H groups in total. The van der Waals surface area contributed by atoms with E-state index in [9.17, 15) is 0 Å². The summed E-state index contributed by atoms with van der Waals surface area (Å²) in [5, 5.41) is 6.87. The fraction of sp³-hybridized carbons (Fsp3) is 0.769. The fourth-order valence-corrected chi connectivity index (χ4v) is 2.90. The van der Waals surface area contributed by atoms with Gasteiger partial charge in [0.1, 0.15) is 0 Å². The third kappa shape index (κ3) is 4.65. The molecule has 0 saturated carbocycles. The molecule has 1 aliphatic rings. The average molecular weight is 268 g/mol. The largest absolute Gasteiger partial charge is 0.313 e. The van der Waals surface area contributed by atoms with Crippen LogP contribution in [0.2, 0.25) is 0 Å². The Kier molecular flexibility index (Phi) is 5.56. The second-order valence-electron chi connectivity index (χ2n) is 5.13. The van der Waals surface area contributed by atoms with Gasteiger partial charge < -0.3 is 10.2 Å². The lowest BCUT2D eigenvalue weighted by molar-refractivity contribution is 0.144. The molecule has 0 spiro atoms. The van der Waals surface area contributed by atoms with E-state index in [0.717, 1.165) is 19.5 Å². The molecule has 0 unspecified atom stereocenters. The van der Waals surface area contributed by atoms with Crippen molar-refractivity contribution < 1.29 is 0 Å². The summed E-state index contributed by atoms with van der Waals surface area (Å²) in [5.41, 5.74) is 0. The van der Waals surface area contributed by atoms with E-state index in [1.165, 1.54) is 31.2 Å². The lowest BCUT2D eigenvalue weighted by atomic mass is 10.2. The molecular formula is C13H24N4S. The van der Waals surface area contributed by atoms with Crippen molar-refractivity contribution >= 4 is 11.3 Å². The monoisotopic (exact) mass is 268 g/mol. The minimum atomic E-state index is 0.563. The molecule has 2 rings (SSSR count). The average Bonchev–Trinajstić information content (AvgIpc) is 2.85. The molecule has 0 bridgehead atoms. The maximum Gasteiger partial charge on any atom is 0.0937 e. The van der Waals surface area contributed by atoms with Crippen LogP contribution in [0.1, 0.15) is 11.9 Å². The van der Waals surface area contributed by atoms with Crippen molar-refractivity contribution in [3.63, 3.8) is 0 Å². The van der Waals surface area contributed by atoms with Crippen molar-refractivity contribution in [2.45, 2.75) is 19.4 Å². The van der Waals surface area contributed by atoms with E-state index in [1.807, 2.05) is 11.6 Å². The number of aromatic nitrogens is 1. The maximum absolute atomic E-state index is 4.30. The van der Waals surface area contributed by atoms with Gasteiger partial charge in [0.2, 0.25) is 0 Å². The fourth-order valence-electron chi connectivity index (χ4n) is 2.28. The number of nitrogens with zero attached hydrogens (tertiary/aromatic N) is 3. The summed E-state index contributed by atoms with van der Waals surface area (Å²) >= 11 is 1.74. The van der Waals surface area contributed by atoms with Gasteiger partial charge in [-0.15, -0.1) is 11.3 Å². The third-order valence-electron chi connectivity index (χ3n) is 3.44. The van der Waals surface area contributed by atoms with E-state index in [4.69, 9.17) is 0 Å².